The molecule has 0 saturated heterocycles. The Balaban J connectivity index is 2.03. The first-order valence-electron chi connectivity index (χ1n) is 6.64. The lowest BCUT2D eigenvalue weighted by Crippen LogP contribution is -2.37. The van der Waals surface area contributed by atoms with Crippen molar-refractivity contribution in [2.24, 2.45) is 7.05 Å². The molecule has 112 valence electrons. The smallest absolute Gasteiger partial charge is 0.269 e. The van der Waals surface area contributed by atoms with Crippen molar-refractivity contribution in [1.82, 2.24) is 15.1 Å². The lowest BCUT2D eigenvalue weighted by molar-refractivity contribution is 0.0843. The van der Waals surface area contributed by atoms with E-state index in [1.54, 1.807) is 57.6 Å². The Bertz CT molecular complexity index is 607. The number of amides is 1. The maximum absolute atomic E-state index is 12.1. The van der Waals surface area contributed by atoms with Crippen LogP contribution in [0.5, 0.6) is 5.75 Å². The van der Waals surface area contributed by atoms with Gasteiger partial charge in [-0.05, 0) is 30.7 Å². The average Bonchev–Trinajstić information content (AvgIpc) is 2.92. The SMILES string of the molecule is COc1ccc(C(O)C(C)NC(=O)c2ccnn2C)cc1. The fraction of sp³-hybridized carbons (Fsp3) is 0.333. The van der Waals surface area contributed by atoms with Crippen LogP contribution in [0.15, 0.2) is 36.5 Å². The minimum absolute atomic E-state index is 0.268. The van der Waals surface area contributed by atoms with E-state index in [-0.39, 0.29) is 5.91 Å². The summed E-state index contributed by atoms with van der Waals surface area (Å²) in [5.74, 6) is 0.451. The Morgan fingerprint density at radius 1 is 1.33 bits per heavy atom. The first-order chi connectivity index (χ1) is 10.0. The second-order valence-electron chi connectivity index (χ2n) is 4.82. The molecule has 1 amide bonds. The van der Waals surface area contributed by atoms with E-state index in [1.165, 1.54) is 4.68 Å². The predicted octanol–water partition coefficient (Wildman–Crippen LogP) is 1.28. The second kappa shape index (κ2) is 6.41. The van der Waals surface area contributed by atoms with Gasteiger partial charge in [0.2, 0.25) is 0 Å². The highest BCUT2D eigenvalue weighted by molar-refractivity contribution is 5.92. The minimum Gasteiger partial charge on any atom is -0.497 e. The van der Waals surface area contributed by atoms with Crippen LogP contribution < -0.4 is 10.1 Å². The third-order valence-electron chi connectivity index (χ3n) is 3.34. The number of carbonyl (C=O) groups excluding carboxylic acids is 1. The zero-order chi connectivity index (χ0) is 15.4. The first kappa shape index (κ1) is 15.1. The minimum atomic E-state index is -0.798. The molecule has 1 aromatic carbocycles. The zero-order valence-electron chi connectivity index (χ0n) is 12.3. The van der Waals surface area contributed by atoms with Gasteiger partial charge in [-0.3, -0.25) is 9.48 Å². The summed E-state index contributed by atoms with van der Waals surface area (Å²) in [7, 11) is 3.28. The van der Waals surface area contributed by atoms with Crippen molar-refractivity contribution in [3.63, 3.8) is 0 Å². The average molecular weight is 289 g/mol. The Morgan fingerprint density at radius 3 is 2.52 bits per heavy atom. The second-order valence-corrected chi connectivity index (χ2v) is 4.82. The van der Waals surface area contributed by atoms with Gasteiger partial charge in [0.1, 0.15) is 11.4 Å². The van der Waals surface area contributed by atoms with Gasteiger partial charge in [0.05, 0.1) is 19.3 Å². The lowest BCUT2D eigenvalue weighted by atomic mass is 10.0. The van der Waals surface area contributed by atoms with E-state index in [2.05, 4.69) is 10.4 Å². The molecule has 1 heterocycles. The summed E-state index contributed by atoms with van der Waals surface area (Å²) in [5, 5.41) is 17.0. The summed E-state index contributed by atoms with van der Waals surface area (Å²) < 4.78 is 6.56. The molecule has 0 radical (unpaired) electrons. The summed E-state index contributed by atoms with van der Waals surface area (Å²) >= 11 is 0. The first-order valence-corrected chi connectivity index (χ1v) is 6.64. The van der Waals surface area contributed by atoms with Gasteiger partial charge < -0.3 is 15.2 Å². The quantitative estimate of drug-likeness (QED) is 0.869. The van der Waals surface area contributed by atoms with Crippen LogP contribution >= 0.6 is 0 Å². The van der Waals surface area contributed by atoms with Gasteiger partial charge in [0.15, 0.2) is 0 Å². The summed E-state index contributed by atoms with van der Waals surface area (Å²) in [5.41, 5.74) is 1.16. The normalized spacial score (nSPS) is 13.5. The highest BCUT2D eigenvalue weighted by Gasteiger charge is 2.20. The monoisotopic (exact) mass is 289 g/mol. The molecule has 0 fully saturated rings. The van der Waals surface area contributed by atoms with Gasteiger partial charge in [-0.1, -0.05) is 12.1 Å². The van der Waals surface area contributed by atoms with Gasteiger partial charge in [-0.15, -0.1) is 0 Å². The number of aliphatic hydroxyl groups is 1. The third-order valence-corrected chi connectivity index (χ3v) is 3.34. The van der Waals surface area contributed by atoms with E-state index >= 15 is 0 Å². The number of carbonyl (C=O) groups is 1. The number of benzene rings is 1. The number of methoxy groups -OCH3 is 1. The number of hydrogen-bond donors (Lipinski definition) is 2. The molecule has 0 saturated carbocycles. The van der Waals surface area contributed by atoms with E-state index in [4.69, 9.17) is 4.74 Å². The van der Waals surface area contributed by atoms with Crippen LogP contribution in [0.3, 0.4) is 0 Å². The molecule has 2 N–H and O–H groups in total. The molecule has 0 spiro atoms. The molecule has 2 rings (SSSR count). The van der Waals surface area contributed by atoms with Crippen LogP contribution in [0.4, 0.5) is 0 Å². The highest BCUT2D eigenvalue weighted by atomic mass is 16.5. The van der Waals surface area contributed by atoms with Gasteiger partial charge in [0, 0.05) is 13.2 Å². The zero-order valence-corrected chi connectivity index (χ0v) is 12.3. The Labute approximate surface area is 123 Å². The number of ether oxygens (including phenoxy) is 1. The Kier molecular flexibility index (Phi) is 4.59. The standard InChI is InChI=1S/C15H19N3O3/c1-10(17-15(20)13-8-9-16-18(13)2)14(19)11-4-6-12(21-3)7-5-11/h4-10,14,19H,1-3H3,(H,17,20). The molecule has 2 atom stereocenters. The van der Waals surface area contributed by atoms with Gasteiger partial charge in [-0.2, -0.15) is 5.10 Å². The molecule has 2 unspecified atom stereocenters. The molecular weight excluding hydrogens is 270 g/mol. The van der Waals surface area contributed by atoms with Crippen LogP contribution in [0.2, 0.25) is 0 Å². The molecule has 0 bridgehead atoms. The molecule has 6 nitrogen and oxygen atoms in total. The molecule has 0 aliphatic rings. The van der Waals surface area contributed by atoms with Gasteiger partial charge >= 0.3 is 0 Å². The number of aliphatic hydroxyl groups excluding tert-OH is 1. The summed E-state index contributed by atoms with van der Waals surface area (Å²) in [4.78, 5) is 12.1. The molecule has 21 heavy (non-hydrogen) atoms. The Hall–Kier alpha value is -2.34. The Morgan fingerprint density at radius 2 is 2.00 bits per heavy atom. The molecule has 0 aliphatic heterocycles. The van der Waals surface area contributed by atoms with E-state index < -0.39 is 12.1 Å². The largest absolute Gasteiger partial charge is 0.497 e. The number of aromatic nitrogens is 2. The predicted molar refractivity (Wildman–Crippen MR) is 78.1 cm³/mol. The summed E-state index contributed by atoms with van der Waals surface area (Å²) in [6.07, 6.45) is 0.757. The van der Waals surface area contributed by atoms with Crippen molar-refractivity contribution in [3.8, 4) is 5.75 Å². The van der Waals surface area contributed by atoms with Crippen molar-refractivity contribution >= 4 is 5.91 Å². The van der Waals surface area contributed by atoms with Crippen molar-refractivity contribution in [2.75, 3.05) is 7.11 Å². The van der Waals surface area contributed by atoms with Crippen molar-refractivity contribution in [1.29, 1.82) is 0 Å². The van der Waals surface area contributed by atoms with E-state index in [9.17, 15) is 9.90 Å². The number of nitrogens with one attached hydrogen (secondary N) is 1. The molecule has 1 aromatic heterocycles. The molecule has 0 aliphatic carbocycles. The fourth-order valence-electron chi connectivity index (χ4n) is 2.05. The van der Waals surface area contributed by atoms with Crippen molar-refractivity contribution in [2.45, 2.75) is 19.1 Å². The van der Waals surface area contributed by atoms with Crippen LogP contribution in [0.25, 0.3) is 0 Å². The molecule has 2 aromatic rings. The van der Waals surface area contributed by atoms with Gasteiger partial charge in [-0.25, -0.2) is 0 Å². The van der Waals surface area contributed by atoms with Crippen molar-refractivity contribution in [3.05, 3.63) is 47.8 Å². The van der Waals surface area contributed by atoms with Crippen LogP contribution in [0, 0.1) is 0 Å². The fourth-order valence-corrected chi connectivity index (χ4v) is 2.05. The van der Waals surface area contributed by atoms with Gasteiger partial charge in [0.25, 0.3) is 5.91 Å². The number of hydrogen-bond acceptors (Lipinski definition) is 4. The third kappa shape index (κ3) is 3.41. The highest BCUT2D eigenvalue weighted by Crippen LogP contribution is 2.20. The van der Waals surface area contributed by atoms with E-state index in [0.717, 1.165) is 5.75 Å². The van der Waals surface area contributed by atoms with E-state index in [0.29, 0.717) is 11.3 Å². The molecule has 6 heteroatoms. The number of nitrogens with zero attached hydrogens (tertiary/aromatic N) is 2. The van der Waals surface area contributed by atoms with Crippen LogP contribution in [-0.2, 0) is 7.05 Å². The summed E-state index contributed by atoms with van der Waals surface area (Å²) in [6, 6.07) is 8.29. The summed E-state index contributed by atoms with van der Waals surface area (Å²) in [6.45, 7) is 1.75. The lowest BCUT2D eigenvalue weighted by Gasteiger charge is -2.20. The van der Waals surface area contributed by atoms with Crippen LogP contribution in [-0.4, -0.2) is 33.9 Å². The number of rotatable bonds is 5. The maximum atomic E-state index is 12.1. The van der Waals surface area contributed by atoms with E-state index in [1.807, 2.05) is 0 Å². The number of aryl methyl sites for hydroxylation is 1. The van der Waals surface area contributed by atoms with Crippen molar-refractivity contribution < 1.29 is 14.6 Å². The maximum Gasteiger partial charge on any atom is 0.269 e. The van der Waals surface area contributed by atoms with Crippen LogP contribution in [0.1, 0.15) is 29.1 Å². The topological polar surface area (TPSA) is 76.4 Å². The molecular formula is C15H19N3O3.